The number of nitrogens with zero attached hydrogens (tertiary/aromatic N) is 1. The molecule has 0 radical (unpaired) electrons. The van der Waals surface area contributed by atoms with Crippen molar-refractivity contribution < 1.29 is 18.8 Å². The molecule has 1 aromatic heterocycles. The van der Waals surface area contributed by atoms with Crippen molar-refractivity contribution >= 4 is 34.7 Å². The highest BCUT2D eigenvalue weighted by molar-refractivity contribution is 7.13. The molecule has 102 valence electrons. The number of alkyl halides is 1. The molecule has 1 unspecified atom stereocenters. The summed E-state index contributed by atoms with van der Waals surface area (Å²) in [5, 5.41) is 11.6. The highest BCUT2D eigenvalue weighted by atomic mass is 35.5. The van der Waals surface area contributed by atoms with E-state index in [4.69, 9.17) is 5.73 Å². The summed E-state index contributed by atoms with van der Waals surface area (Å²) in [6.45, 7) is 1.60. The van der Waals surface area contributed by atoms with Gasteiger partial charge in [-0.2, -0.15) is 0 Å². The molecule has 0 bridgehead atoms. The van der Waals surface area contributed by atoms with Crippen molar-refractivity contribution in [1.82, 2.24) is 0 Å². The summed E-state index contributed by atoms with van der Waals surface area (Å²) in [6, 6.07) is -0.0970. The summed E-state index contributed by atoms with van der Waals surface area (Å²) in [7, 11) is 0. The van der Waals surface area contributed by atoms with Gasteiger partial charge in [-0.25, -0.2) is 9.18 Å². The van der Waals surface area contributed by atoms with E-state index in [1.165, 1.54) is 5.38 Å². The molecule has 0 aliphatic carbocycles. The molecule has 2 atom stereocenters. The molecule has 0 aliphatic rings. The SMILES string of the molecule is CCOC(=O)C(F)[C@@H](N)c1csc([N+](=O)[O-])c1.Cl. The maximum Gasteiger partial charge on any atom is 0.342 e. The molecule has 0 aromatic carbocycles. The molecule has 18 heavy (non-hydrogen) atoms. The lowest BCUT2D eigenvalue weighted by molar-refractivity contribution is -0.380. The van der Waals surface area contributed by atoms with Crippen LogP contribution in [-0.2, 0) is 9.53 Å². The number of nitro groups is 1. The molecule has 1 aromatic rings. The van der Waals surface area contributed by atoms with Crippen LogP contribution in [0.3, 0.4) is 0 Å². The van der Waals surface area contributed by atoms with Crippen molar-refractivity contribution in [2.75, 3.05) is 6.61 Å². The maximum absolute atomic E-state index is 13.5. The summed E-state index contributed by atoms with van der Waals surface area (Å²) >= 11 is 0.831. The van der Waals surface area contributed by atoms with E-state index in [0.717, 1.165) is 17.4 Å². The zero-order chi connectivity index (χ0) is 13.0. The number of hydrogen-bond donors (Lipinski definition) is 1. The van der Waals surface area contributed by atoms with Gasteiger partial charge in [-0.1, -0.05) is 11.3 Å². The summed E-state index contributed by atoms with van der Waals surface area (Å²) in [5.74, 6) is -1.06. The van der Waals surface area contributed by atoms with Gasteiger partial charge in [0.15, 0.2) is 0 Å². The average molecular weight is 299 g/mol. The second-order valence-corrected chi connectivity index (χ2v) is 4.04. The highest BCUT2D eigenvalue weighted by Crippen LogP contribution is 2.28. The Morgan fingerprint density at radius 2 is 2.33 bits per heavy atom. The largest absolute Gasteiger partial charge is 0.464 e. The van der Waals surface area contributed by atoms with Crippen molar-refractivity contribution in [3.63, 3.8) is 0 Å². The third-order valence-electron chi connectivity index (χ3n) is 2.00. The quantitative estimate of drug-likeness (QED) is 0.509. The summed E-state index contributed by atoms with van der Waals surface area (Å²) in [4.78, 5) is 20.9. The van der Waals surface area contributed by atoms with Crippen LogP contribution in [-0.4, -0.2) is 23.7 Å². The standard InChI is InChI=1S/C9H11FN2O4S.ClH/c1-2-16-9(13)7(10)8(11)5-3-6(12(14)15)17-4-5;/h3-4,7-8H,2,11H2,1H3;1H/t7?,8-;/m0./s1. The van der Waals surface area contributed by atoms with Crippen molar-refractivity contribution in [2.24, 2.45) is 5.73 Å². The molecule has 6 nitrogen and oxygen atoms in total. The number of nitrogens with two attached hydrogens (primary N) is 1. The third-order valence-corrected chi connectivity index (χ3v) is 2.90. The lowest BCUT2D eigenvalue weighted by Gasteiger charge is -2.13. The van der Waals surface area contributed by atoms with Crippen LogP contribution in [0, 0.1) is 10.1 Å². The number of ether oxygens (including phenoxy) is 1. The number of thiophene rings is 1. The fraction of sp³-hybridized carbons (Fsp3) is 0.444. The topological polar surface area (TPSA) is 95.5 Å². The van der Waals surface area contributed by atoms with Gasteiger partial charge in [0, 0.05) is 11.4 Å². The van der Waals surface area contributed by atoms with Gasteiger partial charge in [-0.3, -0.25) is 10.1 Å². The van der Waals surface area contributed by atoms with Crippen LogP contribution >= 0.6 is 23.7 Å². The molecular weight excluding hydrogens is 287 g/mol. The molecule has 9 heteroatoms. The first kappa shape index (κ1) is 16.8. The number of esters is 1. The second kappa shape index (κ2) is 7.24. The maximum atomic E-state index is 13.5. The molecule has 0 saturated heterocycles. The van der Waals surface area contributed by atoms with E-state index < -0.39 is 23.1 Å². The molecule has 1 rings (SSSR count). The van der Waals surface area contributed by atoms with Crippen molar-refractivity contribution in [1.29, 1.82) is 0 Å². The van der Waals surface area contributed by atoms with Gasteiger partial charge in [0.1, 0.15) is 0 Å². The Morgan fingerprint density at radius 3 is 2.78 bits per heavy atom. The molecular formula is C9H12ClFN2O4S. The van der Waals surface area contributed by atoms with Gasteiger partial charge in [-0.05, 0) is 12.5 Å². The van der Waals surface area contributed by atoms with Gasteiger partial charge >= 0.3 is 11.0 Å². The van der Waals surface area contributed by atoms with E-state index in [1.54, 1.807) is 6.92 Å². The van der Waals surface area contributed by atoms with Crippen LogP contribution in [0.2, 0.25) is 0 Å². The fourth-order valence-electron chi connectivity index (χ4n) is 1.15. The molecule has 0 amide bonds. The number of halogens is 2. The van der Waals surface area contributed by atoms with E-state index in [9.17, 15) is 19.3 Å². The number of hydrogen-bond acceptors (Lipinski definition) is 6. The van der Waals surface area contributed by atoms with E-state index >= 15 is 0 Å². The Hall–Kier alpha value is -1.25. The lowest BCUT2D eigenvalue weighted by atomic mass is 10.1. The first-order valence-corrected chi connectivity index (χ1v) is 5.64. The molecule has 0 aliphatic heterocycles. The minimum Gasteiger partial charge on any atom is -0.464 e. The Balaban J connectivity index is 0.00000289. The van der Waals surface area contributed by atoms with Crippen molar-refractivity contribution in [3.05, 3.63) is 27.1 Å². The zero-order valence-corrected chi connectivity index (χ0v) is 11.0. The molecule has 0 spiro atoms. The first-order chi connectivity index (χ1) is 7.97. The first-order valence-electron chi connectivity index (χ1n) is 4.76. The zero-order valence-electron chi connectivity index (χ0n) is 9.37. The number of carbonyl (C=O) groups excluding carboxylic acids is 1. The van der Waals surface area contributed by atoms with Gasteiger partial charge in [-0.15, -0.1) is 12.4 Å². The molecule has 2 N–H and O–H groups in total. The van der Waals surface area contributed by atoms with Gasteiger partial charge in [0.2, 0.25) is 6.17 Å². The van der Waals surface area contributed by atoms with E-state index in [0.29, 0.717) is 0 Å². The predicted octanol–water partition coefficient (Wildman–Crippen LogP) is 1.98. The van der Waals surface area contributed by atoms with Crippen molar-refractivity contribution in [2.45, 2.75) is 19.1 Å². The fourth-order valence-corrected chi connectivity index (χ4v) is 1.92. The van der Waals surface area contributed by atoms with E-state index in [-0.39, 0.29) is 29.6 Å². The summed E-state index contributed by atoms with van der Waals surface area (Å²) < 4.78 is 18.0. The Labute approximate surface area is 112 Å². The second-order valence-electron chi connectivity index (χ2n) is 3.15. The predicted molar refractivity (Wildman–Crippen MR) is 66.7 cm³/mol. The Bertz CT molecular complexity index is 428. The minimum atomic E-state index is -2.02. The van der Waals surface area contributed by atoms with Crippen LogP contribution in [0.4, 0.5) is 9.39 Å². The molecule has 1 heterocycles. The van der Waals surface area contributed by atoms with Crippen LogP contribution in [0.1, 0.15) is 18.5 Å². The minimum absolute atomic E-state index is 0. The lowest BCUT2D eigenvalue weighted by Crippen LogP contribution is -2.31. The van der Waals surface area contributed by atoms with Crippen LogP contribution in [0.5, 0.6) is 0 Å². The molecule has 0 saturated carbocycles. The number of rotatable bonds is 5. The van der Waals surface area contributed by atoms with Crippen LogP contribution in [0.15, 0.2) is 11.4 Å². The van der Waals surface area contributed by atoms with Crippen LogP contribution in [0.25, 0.3) is 0 Å². The summed E-state index contributed by atoms with van der Waals surface area (Å²) in [5.41, 5.74) is 5.70. The summed E-state index contributed by atoms with van der Waals surface area (Å²) in [6.07, 6.45) is -2.02. The van der Waals surface area contributed by atoms with Crippen LogP contribution < -0.4 is 5.73 Å². The monoisotopic (exact) mass is 298 g/mol. The normalized spacial score (nSPS) is 13.3. The number of carbonyl (C=O) groups is 1. The molecule has 0 fully saturated rings. The van der Waals surface area contributed by atoms with E-state index in [1.807, 2.05) is 0 Å². The van der Waals surface area contributed by atoms with Gasteiger partial charge in [0.25, 0.3) is 0 Å². The third kappa shape index (κ3) is 3.90. The Kier molecular flexibility index (Phi) is 6.74. The highest BCUT2D eigenvalue weighted by Gasteiger charge is 2.29. The smallest absolute Gasteiger partial charge is 0.342 e. The van der Waals surface area contributed by atoms with Crippen molar-refractivity contribution in [3.8, 4) is 0 Å². The Morgan fingerprint density at radius 1 is 1.72 bits per heavy atom. The van der Waals surface area contributed by atoms with E-state index in [2.05, 4.69) is 4.74 Å². The van der Waals surface area contributed by atoms with Gasteiger partial charge in [0.05, 0.1) is 17.6 Å². The van der Waals surface area contributed by atoms with Gasteiger partial charge < -0.3 is 10.5 Å². The average Bonchev–Trinajstić information content (AvgIpc) is 2.76.